The molecule has 0 unspecified atom stereocenters. The summed E-state index contributed by atoms with van der Waals surface area (Å²) in [4.78, 5) is -0.726. The molecule has 0 saturated heterocycles. The second-order valence-corrected chi connectivity index (χ2v) is 9.62. The van der Waals surface area contributed by atoms with E-state index in [0.29, 0.717) is 0 Å². The van der Waals surface area contributed by atoms with Crippen LogP contribution in [0.25, 0.3) is 0 Å². The van der Waals surface area contributed by atoms with Crippen molar-refractivity contribution in [1.29, 1.82) is 0 Å². The van der Waals surface area contributed by atoms with E-state index in [4.69, 9.17) is 11.6 Å². The van der Waals surface area contributed by atoms with Crippen LogP contribution in [0, 0.1) is 10.8 Å². The Kier molecular flexibility index (Phi) is 5.44. The summed E-state index contributed by atoms with van der Waals surface area (Å²) in [7, 11) is 0. The van der Waals surface area contributed by atoms with Crippen molar-refractivity contribution < 1.29 is 10.2 Å². The highest BCUT2D eigenvalue weighted by Gasteiger charge is 2.39. The largest absolute Gasteiger partial charge is 0.508 e. The third-order valence-electron chi connectivity index (χ3n) is 4.38. The van der Waals surface area contributed by atoms with Gasteiger partial charge in [-0.2, -0.15) is 0 Å². The average molecular weight is 361 g/mol. The quantitative estimate of drug-likeness (QED) is 0.603. The lowest BCUT2D eigenvalue weighted by molar-refractivity contribution is 0.185. The summed E-state index contributed by atoms with van der Waals surface area (Å²) < 4.78 is 0. The number of benzene rings is 2. The van der Waals surface area contributed by atoms with Gasteiger partial charge in [0.1, 0.15) is 11.5 Å². The van der Waals surface area contributed by atoms with Gasteiger partial charge < -0.3 is 10.2 Å². The van der Waals surface area contributed by atoms with E-state index in [1.165, 1.54) is 0 Å². The van der Waals surface area contributed by atoms with Crippen molar-refractivity contribution in [3.05, 3.63) is 59.7 Å². The summed E-state index contributed by atoms with van der Waals surface area (Å²) in [6, 6.07) is 14.2. The Morgan fingerprint density at radius 2 is 1.04 bits per heavy atom. The first-order valence-electron chi connectivity index (χ1n) is 8.69. The summed E-state index contributed by atoms with van der Waals surface area (Å²) in [5, 5.41) is 19.3. The highest BCUT2D eigenvalue weighted by molar-refractivity contribution is 6.26. The molecule has 3 heteroatoms. The molecule has 0 saturated carbocycles. The fourth-order valence-electron chi connectivity index (χ4n) is 3.98. The molecule has 0 heterocycles. The van der Waals surface area contributed by atoms with Crippen LogP contribution in [0.15, 0.2) is 48.5 Å². The Hall–Kier alpha value is -1.67. The Morgan fingerprint density at radius 1 is 0.680 bits per heavy atom. The number of hydrogen-bond donors (Lipinski definition) is 2. The fourth-order valence-corrected chi connectivity index (χ4v) is 4.59. The van der Waals surface area contributed by atoms with Crippen LogP contribution in [-0.2, 0) is 4.87 Å². The molecule has 25 heavy (non-hydrogen) atoms. The summed E-state index contributed by atoms with van der Waals surface area (Å²) in [6.07, 6.45) is 1.78. The van der Waals surface area contributed by atoms with Crippen LogP contribution >= 0.6 is 11.6 Å². The SMILES string of the molecule is CC(C)(C)CC(C)(C)CC(Cl)(c1ccc(O)cc1)c1ccc(O)cc1. The average Bonchev–Trinajstić information content (AvgIpc) is 2.45. The summed E-state index contributed by atoms with van der Waals surface area (Å²) >= 11 is 7.24. The summed E-state index contributed by atoms with van der Waals surface area (Å²) in [6.45, 7) is 11.2. The maximum Gasteiger partial charge on any atom is 0.115 e. The lowest BCUT2D eigenvalue weighted by Crippen LogP contribution is -2.31. The van der Waals surface area contributed by atoms with E-state index in [9.17, 15) is 10.2 Å². The van der Waals surface area contributed by atoms with Crippen LogP contribution in [-0.4, -0.2) is 10.2 Å². The monoisotopic (exact) mass is 360 g/mol. The standard InChI is InChI=1S/C22H29ClO2/c1-20(2,3)14-21(4,5)15-22(23,16-6-10-18(24)11-7-16)17-8-12-19(25)13-9-17/h6-13,24-25H,14-15H2,1-5H3. The van der Waals surface area contributed by atoms with Gasteiger partial charge in [0.25, 0.3) is 0 Å². The molecule has 2 aromatic carbocycles. The first kappa shape index (κ1) is 19.7. The number of hydrogen-bond acceptors (Lipinski definition) is 2. The van der Waals surface area contributed by atoms with Gasteiger partial charge in [-0.1, -0.05) is 58.9 Å². The second kappa shape index (κ2) is 6.92. The predicted molar refractivity (Wildman–Crippen MR) is 105 cm³/mol. The molecule has 0 aliphatic heterocycles. The van der Waals surface area contributed by atoms with Crippen LogP contribution in [0.5, 0.6) is 11.5 Å². The second-order valence-electron chi connectivity index (χ2n) is 8.97. The molecule has 2 aromatic rings. The fraction of sp³-hybridized carbons (Fsp3) is 0.455. The Labute approximate surface area is 156 Å². The van der Waals surface area contributed by atoms with Gasteiger partial charge in [0.15, 0.2) is 0 Å². The third kappa shape index (κ3) is 5.15. The Balaban J connectivity index is 2.48. The Morgan fingerprint density at radius 3 is 1.36 bits per heavy atom. The number of phenols is 2. The zero-order chi connectivity index (χ0) is 18.9. The molecular weight excluding hydrogens is 332 g/mol. The van der Waals surface area contributed by atoms with E-state index in [1.807, 2.05) is 24.3 Å². The van der Waals surface area contributed by atoms with Crippen LogP contribution in [0.4, 0.5) is 0 Å². The van der Waals surface area contributed by atoms with Gasteiger partial charge in [-0.15, -0.1) is 11.6 Å². The van der Waals surface area contributed by atoms with Crippen LogP contribution in [0.1, 0.15) is 58.6 Å². The molecule has 0 fully saturated rings. The smallest absolute Gasteiger partial charge is 0.115 e. The van der Waals surface area contributed by atoms with Crippen molar-refractivity contribution in [3.8, 4) is 11.5 Å². The van der Waals surface area contributed by atoms with Crippen molar-refractivity contribution in [1.82, 2.24) is 0 Å². The molecule has 136 valence electrons. The van der Waals surface area contributed by atoms with Crippen LogP contribution in [0.2, 0.25) is 0 Å². The molecule has 0 atom stereocenters. The van der Waals surface area contributed by atoms with Gasteiger partial charge in [-0.05, 0) is 59.1 Å². The molecule has 2 nitrogen and oxygen atoms in total. The van der Waals surface area contributed by atoms with Crippen LogP contribution < -0.4 is 0 Å². The lowest BCUT2D eigenvalue weighted by atomic mass is 9.69. The summed E-state index contributed by atoms with van der Waals surface area (Å²) in [5.74, 6) is 0.449. The Bertz CT molecular complexity index is 649. The zero-order valence-electron chi connectivity index (χ0n) is 15.8. The molecule has 0 radical (unpaired) electrons. The maximum atomic E-state index is 9.64. The van der Waals surface area contributed by atoms with Crippen molar-refractivity contribution in [3.63, 3.8) is 0 Å². The van der Waals surface area contributed by atoms with E-state index in [0.717, 1.165) is 24.0 Å². The van der Waals surface area contributed by atoms with E-state index in [1.54, 1.807) is 24.3 Å². The topological polar surface area (TPSA) is 40.5 Å². The van der Waals surface area contributed by atoms with Crippen molar-refractivity contribution in [2.24, 2.45) is 10.8 Å². The van der Waals surface area contributed by atoms with Gasteiger partial charge in [-0.3, -0.25) is 0 Å². The highest BCUT2D eigenvalue weighted by atomic mass is 35.5. The van der Waals surface area contributed by atoms with Gasteiger partial charge in [0, 0.05) is 0 Å². The molecule has 2 N–H and O–H groups in total. The molecule has 2 rings (SSSR count). The third-order valence-corrected chi connectivity index (χ3v) is 4.95. The van der Waals surface area contributed by atoms with Gasteiger partial charge >= 0.3 is 0 Å². The first-order chi connectivity index (χ1) is 11.4. The van der Waals surface area contributed by atoms with Crippen molar-refractivity contribution in [2.45, 2.75) is 52.3 Å². The normalized spacial score (nSPS) is 13.0. The molecular formula is C22H29ClO2. The van der Waals surface area contributed by atoms with E-state index in [2.05, 4.69) is 34.6 Å². The van der Waals surface area contributed by atoms with E-state index in [-0.39, 0.29) is 22.3 Å². The number of phenolic OH excluding ortho intramolecular Hbond substituents is 2. The van der Waals surface area contributed by atoms with Gasteiger partial charge in [-0.25, -0.2) is 0 Å². The minimum absolute atomic E-state index is 0.00969. The number of alkyl halides is 1. The molecule has 0 spiro atoms. The number of halogens is 1. The van der Waals surface area contributed by atoms with E-state index < -0.39 is 4.87 Å². The van der Waals surface area contributed by atoms with Gasteiger partial charge in [0.05, 0.1) is 4.87 Å². The van der Waals surface area contributed by atoms with Crippen molar-refractivity contribution >= 4 is 11.6 Å². The first-order valence-corrected chi connectivity index (χ1v) is 9.07. The van der Waals surface area contributed by atoms with E-state index >= 15 is 0 Å². The van der Waals surface area contributed by atoms with Crippen LogP contribution in [0.3, 0.4) is 0 Å². The van der Waals surface area contributed by atoms with Crippen molar-refractivity contribution in [2.75, 3.05) is 0 Å². The molecule has 0 amide bonds. The predicted octanol–water partition coefficient (Wildman–Crippen LogP) is 6.43. The maximum absolute atomic E-state index is 9.64. The number of aromatic hydroxyl groups is 2. The molecule has 0 aliphatic carbocycles. The minimum Gasteiger partial charge on any atom is -0.508 e. The number of rotatable bonds is 5. The molecule has 0 bridgehead atoms. The lowest BCUT2D eigenvalue weighted by Gasteiger charge is -2.40. The molecule has 0 aliphatic rings. The van der Waals surface area contributed by atoms with Gasteiger partial charge in [0.2, 0.25) is 0 Å². The zero-order valence-corrected chi connectivity index (χ0v) is 16.6. The summed E-state index contributed by atoms with van der Waals surface area (Å²) in [5.41, 5.74) is 2.10. The minimum atomic E-state index is -0.726. The highest BCUT2D eigenvalue weighted by Crippen LogP contribution is 2.49. The molecule has 0 aromatic heterocycles.